The highest BCUT2D eigenvalue weighted by atomic mass is 35.5. The standard InChI is InChI=1S/C9H11Cl2NO4S3/c1-17-3-2-5(9(13)14)12-19(15,16)6-4-7(10)18-8(6)11/h4-5,12H,2-3H2,1H3,(H,13,14)/t5-/m0/s1. The van der Waals surface area contributed by atoms with E-state index in [0.29, 0.717) is 5.75 Å². The van der Waals surface area contributed by atoms with Gasteiger partial charge >= 0.3 is 5.97 Å². The van der Waals surface area contributed by atoms with Gasteiger partial charge in [-0.15, -0.1) is 11.3 Å². The minimum Gasteiger partial charge on any atom is -0.480 e. The average molecular weight is 364 g/mol. The van der Waals surface area contributed by atoms with Gasteiger partial charge in [0.05, 0.1) is 4.34 Å². The summed E-state index contributed by atoms with van der Waals surface area (Å²) >= 11 is 13.8. The van der Waals surface area contributed by atoms with Crippen molar-refractivity contribution in [1.29, 1.82) is 0 Å². The first kappa shape index (κ1) is 17.1. The third-order valence-electron chi connectivity index (χ3n) is 2.12. The molecule has 0 radical (unpaired) electrons. The number of sulfonamides is 1. The summed E-state index contributed by atoms with van der Waals surface area (Å²) in [7, 11) is -3.99. The summed E-state index contributed by atoms with van der Waals surface area (Å²) in [5, 5.41) is 8.99. The molecular weight excluding hydrogens is 353 g/mol. The van der Waals surface area contributed by atoms with E-state index in [4.69, 9.17) is 28.3 Å². The maximum atomic E-state index is 12.0. The van der Waals surface area contributed by atoms with E-state index >= 15 is 0 Å². The molecule has 0 aliphatic rings. The molecule has 0 bridgehead atoms. The molecule has 0 saturated carbocycles. The lowest BCUT2D eigenvalue weighted by Gasteiger charge is -2.13. The lowest BCUT2D eigenvalue weighted by atomic mass is 10.2. The molecule has 1 atom stereocenters. The zero-order valence-corrected chi connectivity index (χ0v) is 13.7. The molecule has 0 aromatic carbocycles. The molecule has 5 nitrogen and oxygen atoms in total. The number of thiophene rings is 1. The Morgan fingerprint density at radius 1 is 1.58 bits per heavy atom. The van der Waals surface area contributed by atoms with Crippen molar-refractivity contribution in [3.8, 4) is 0 Å². The number of carboxylic acids is 1. The van der Waals surface area contributed by atoms with Crippen LogP contribution in [-0.2, 0) is 14.8 Å². The molecule has 10 heteroatoms. The Kier molecular flexibility index (Phi) is 6.41. The molecular formula is C9H11Cl2NO4S3. The number of thioether (sulfide) groups is 1. The van der Waals surface area contributed by atoms with Crippen molar-refractivity contribution in [2.24, 2.45) is 0 Å². The third kappa shape index (κ3) is 4.80. The predicted molar refractivity (Wildman–Crippen MR) is 79.1 cm³/mol. The fourth-order valence-electron chi connectivity index (χ4n) is 1.23. The van der Waals surface area contributed by atoms with E-state index in [1.54, 1.807) is 0 Å². The van der Waals surface area contributed by atoms with Gasteiger partial charge in [-0.05, 0) is 24.5 Å². The summed E-state index contributed by atoms with van der Waals surface area (Å²) in [5.74, 6) is -0.701. The van der Waals surface area contributed by atoms with E-state index in [9.17, 15) is 13.2 Å². The maximum absolute atomic E-state index is 12.0. The molecule has 0 amide bonds. The van der Waals surface area contributed by atoms with Gasteiger partial charge in [0.25, 0.3) is 0 Å². The number of rotatable bonds is 7. The van der Waals surface area contributed by atoms with Crippen LogP contribution in [0.3, 0.4) is 0 Å². The third-order valence-corrected chi connectivity index (χ3v) is 5.99. The van der Waals surface area contributed by atoms with E-state index < -0.39 is 22.0 Å². The first-order valence-electron chi connectivity index (χ1n) is 4.97. The van der Waals surface area contributed by atoms with E-state index in [2.05, 4.69) is 4.72 Å². The maximum Gasteiger partial charge on any atom is 0.321 e. The molecule has 108 valence electrons. The summed E-state index contributed by atoms with van der Waals surface area (Å²) < 4.78 is 26.4. The van der Waals surface area contributed by atoms with Gasteiger partial charge in [-0.25, -0.2) is 8.42 Å². The summed E-state index contributed by atoms with van der Waals surface area (Å²) in [6, 6.07) is 0.0110. The Morgan fingerprint density at radius 2 is 2.21 bits per heavy atom. The van der Waals surface area contributed by atoms with Crippen LogP contribution in [0.5, 0.6) is 0 Å². The number of carboxylic acid groups (broad SMARTS) is 1. The fourth-order valence-corrected chi connectivity index (χ4v) is 5.07. The van der Waals surface area contributed by atoms with Crippen molar-refractivity contribution in [3.63, 3.8) is 0 Å². The van der Waals surface area contributed by atoms with Crippen molar-refractivity contribution < 1.29 is 18.3 Å². The van der Waals surface area contributed by atoms with E-state index in [1.807, 2.05) is 6.26 Å². The second kappa shape index (κ2) is 7.14. The second-order valence-electron chi connectivity index (χ2n) is 3.48. The highest BCUT2D eigenvalue weighted by molar-refractivity contribution is 7.98. The average Bonchev–Trinajstić information content (AvgIpc) is 2.64. The van der Waals surface area contributed by atoms with Crippen LogP contribution in [0.1, 0.15) is 6.42 Å². The van der Waals surface area contributed by atoms with Gasteiger partial charge < -0.3 is 5.11 Å². The van der Waals surface area contributed by atoms with Gasteiger partial charge in [0.1, 0.15) is 15.3 Å². The normalized spacial score (nSPS) is 13.4. The van der Waals surface area contributed by atoms with E-state index in [0.717, 1.165) is 11.3 Å². The Balaban J connectivity index is 2.94. The number of halogens is 2. The van der Waals surface area contributed by atoms with Crippen molar-refractivity contribution in [2.45, 2.75) is 17.4 Å². The van der Waals surface area contributed by atoms with Gasteiger partial charge in [0.15, 0.2) is 0 Å². The number of hydrogen-bond acceptors (Lipinski definition) is 5. The van der Waals surface area contributed by atoms with Crippen molar-refractivity contribution in [2.75, 3.05) is 12.0 Å². The van der Waals surface area contributed by atoms with Crippen LogP contribution in [-0.4, -0.2) is 37.5 Å². The minimum atomic E-state index is -3.99. The molecule has 1 aromatic heterocycles. The van der Waals surface area contributed by atoms with Crippen LogP contribution >= 0.6 is 46.3 Å². The van der Waals surface area contributed by atoms with Crippen LogP contribution in [0.15, 0.2) is 11.0 Å². The quantitative estimate of drug-likeness (QED) is 0.777. The lowest BCUT2D eigenvalue weighted by molar-refractivity contribution is -0.139. The van der Waals surface area contributed by atoms with Gasteiger partial charge in [-0.2, -0.15) is 16.5 Å². The summed E-state index contributed by atoms with van der Waals surface area (Å²) in [5.41, 5.74) is 0. The Morgan fingerprint density at radius 3 is 2.63 bits per heavy atom. The van der Waals surface area contributed by atoms with Crippen LogP contribution in [0.4, 0.5) is 0 Å². The molecule has 0 saturated heterocycles. The number of hydrogen-bond donors (Lipinski definition) is 2. The number of nitrogens with one attached hydrogen (secondary N) is 1. The topological polar surface area (TPSA) is 83.5 Å². The molecule has 0 unspecified atom stereocenters. The first-order valence-corrected chi connectivity index (χ1v) is 9.41. The van der Waals surface area contributed by atoms with Crippen LogP contribution < -0.4 is 4.72 Å². The van der Waals surface area contributed by atoms with Crippen LogP contribution in [0, 0.1) is 0 Å². The predicted octanol–water partition coefficient (Wildman–Crippen LogP) is 2.54. The molecule has 19 heavy (non-hydrogen) atoms. The lowest BCUT2D eigenvalue weighted by Crippen LogP contribution is -2.41. The van der Waals surface area contributed by atoms with Crippen molar-refractivity contribution in [1.82, 2.24) is 4.72 Å². The van der Waals surface area contributed by atoms with Crippen molar-refractivity contribution in [3.05, 3.63) is 14.7 Å². The van der Waals surface area contributed by atoms with Gasteiger partial charge in [-0.1, -0.05) is 23.2 Å². The minimum absolute atomic E-state index is 0.00602. The molecule has 1 rings (SSSR count). The number of aliphatic carboxylic acids is 1. The summed E-state index contributed by atoms with van der Waals surface area (Å²) in [6.45, 7) is 0. The molecule has 0 fully saturated rings. The highest BCUT2D eigenvalue weighted by Crippen LogP contribution is 2.34. The molecule has 0 spiro atoms. The SMILES string of the molecule is CSCC[C@H](NS(=O)(=O)c1cc(Cl)sc1Cl)C(=O)O. The molecule has 0 aliphatic heterocycles. The molecule has 2 N–H and O–H groups in total. The van der Waals surface area contributed by atoms with E-state index in [-0.39, 0.29) is 20.0 Å². The van der Waals surface area contributed by atoms with Crippen LogP contribution in [0.25, 0.3) is 0 Å². The second-order valence-corrected chi connectivity index (χ2v) is 8.44. The first-order chi connectivity index (χ1) is 8.77. The van der Waals surface area contributed by atoms with Gasteiger partial charge in [0.2, 0.25) is 10.0 Å². The Bertz CT molecular complexity index is 558. The molecule has 1 heterocycles. The fraction of sp³-hybridized carbons (Fsp3) is 0.444. The van der Waals surface area contributed by atoms with Gasteiger partial charge in [-0.3, -0.25) is 4.79 Å². The van der Waals surface area contributed by atoms with Crippen molar-refractivity contribution >= 4 is 62.3 Å². The molecule has 1 aromatic rings. The van der Waals surface area contributed by atoms with Crippen LogP contribution in [0.2, 0.25) is 8.67 Å². The zero-order chi connectivity index (χ0) is 14.6. The van der Waals surface area contributed by atoms with Gasteiger partial charge in [0, 0.05) is 0 Å². The smallest absolute Gasteiger partial charge is 0.321 e. The molecule has 0 aliphatic carbocycles. The zero-order valence-electron chi connectivity index (χ0n) is 9.72. The summed E-state index contributed by atoms with van der Waals surface area (Å²) in [6.07, 6.45) is 1.99. The number of carbonyl (C=O) groups is 1. The largest absolute Gasteiger partial charge is 0.480 e. The highest BCUT2D eigenvalue weighted by Gasteiger charge is 2.27. The Labute approximate surface area is 129 Å². The summed E-state index contributed by atoms with van der Waals surface area (Å²) in [4.78, 5) is 10.8. The monoisotopic (exact) mass is 363 g/mol. The van der Waals surface area contributed by atoms with E-state index in [1.165, 1.54) is 17.8 Å². The Hall–Kier alpha value is 0.01000.